The molecule has 18 heavy (non-hydrogen) atoms. The van der Waals surface area contributed by atoms with Crippen LogP contribution in [0.4, 0.5) is 11.4 Å². The molecule has 0 fully saturated rings. The first-order valence-electron chi connectivity index (χ1n) is 5.13. The molecule has 0 amide bonds. The van der Waals surface area contributed by atoms with E-state index in [1.54, 1.807) is 12.1 Å². The van der Waals surface area contributed by atoms with Crippen LogP contribution in [-0.4, -0.2) is 8.42 Å². The summed E-state index contributed by atoms with van der Waals surface area (Å²) in [5, 5.41) is 0. The molecule has 0 aromatic heterocycles. The van der Waals surface area contributed by atoms with Crippen molar-refractivity contribution in [2.45, 2.75) is 4.90 Å². The molecule has 2 aromatic rings. The zero-order valence-corrected chi connectivity index (χ0v) is 10.2. The second-order valence-corrected chi connectivity index (χ2v) is 5.22. The van der Waals surface area contributed by atoms with Gasteiger partial charge in [-0.25, -0.2) is 0 Å². The summed E-state index contributed by atoms with van der Waals surface area (Å²) in [6.45, 7) is 0. The fraction of sp³-hybridized carbons (Fsp3) is 0. The first kappa shape index (κ1) is 12.3. The molecule has 0 aliphatic heterocycles. The van der Waals surface area contributed by atoms with Crippen LogP contribution in [0.1, 0.15) is 0 Å². The Morgan fingerprint density at radius 1 is 0.778 bits per heavy atom. The topological polar surface area (TPSA) is 95.4 Å². The molecule has 0 aliphatic carbocycles. The number of benzene rings is 2. The highest BCUT2D eigenvalue weighted by molar-refractivity contribution is 7.87. The first-order chi connectivity index (χ1) is 8.47. The molecule has 4 N–H and O–H groups in total. The van der Waals surface area contributed by atoms with Gasteiger partial charge in [-0.05, 0) is 48.5 Å². The lowest BCUT2D eigenvalue weighted by Gasteiger charge is -2.07. The minimum Gasteiger partial charge on any atom is -0.399 e. The van der Waals surface area contributed by atoms with Crippen LogP contribution < -0.4 is 15.7 Å². The largest absolute Gasteiger partial charge is 0.399 e. The van der Waals surface area contributed by atoms with Gasteiger partial charge in [0.2, 0.25) is 0 Å². The second kappa shape index (κ2) is 4.58. The van der Waals surface area contributed by atoms with Gasteiger partial charge in [-0.1, -0.05) is 0 Å². The standard InChI is InChI=1S/C12H12N2O3S/c13-9-1-5-11(6-2-9)17-18(15,16)12-7-3-10(14)4-8-12/h1-8H,13-14H2. The third-order valence-electron chi connectivity index (χ3n) is 2.25. The Labute approximate surface area is 105 Å². The molecule has 5 nitrogen and oxygen atoms in total. The average Bonchev–Trinajstić information content (AvgIpc) is 2.32. The fourth-order valence-electron chi connectivity index (χ4n) is 1.33. The minimum absolute atomic E-state index is 0.0496. The molecular formula is C12H12N2O3S. The molecule has 0 atom stereocenters. The van der Waals surface area contributed by atoms with Gasteiger partial charge >= 0.3 is 10.1 Å². The third kappa shape index (κ3) is 2.72. The van der Waals surface area contributed by atoms with Crippen molar-refractivity contribution in [3.05, 3.63) is 48.5 Å². The average molecular weight is 264 g/mol. The third-order valence-corrected chi connectivity index (χ3v) is 3.52. The highest BCUT2D eigenvalue weighted by Gasteiger charge is 2.16. The Balaban J connectivity index is 2.27. The first-order valence-corrected chi connectivity index (χ1v) is 6.54. The molecule has 0 unspecified atom stereocenters. The lowest BCUT2D eigenvalue weighted by atomic mass is 10.3. The predicted octanol–water partition coefficient (Wildman–Crippen LogP) is 1.62. The molecule has 2 rings (SSSR count). The maximum absolute atomic E-state index is 11.9. The Hall–Kier alpha value is -2.21. The minimum atomic E-state index is -3.84. The monoisotopic (exact) mass is 264 g/mol. The number of anilines is 2. The molecule has 94 valence electrons. The van der Waals surface area contributed by atoms with E-state index < -0.39 is 10.1 Å². The molecule has 0 bridgehead atoms. The zero-order valence-electron chi connectivity index (χ0n) is 9.41. The maximum atomic E-state index is 11.9. The van der Waals surface area contributed by atoms with Crippen LogP contribution in [0.2, 0.25) is 0 Å². The Kier molecular flexibility index (Phi) is 3.12. The van der Waals surface area contributed by atoms with Gasteiger partial charge in [0, 0.05) is 11.4 Å². The van der Waals surface area contributed by atoms with Crippen molar-refractivity contribution in [1.29, 1.82) is 0 Å². The van der Waals surface area contributed by atoms with E-state index in [0.29, 0.717) is 11.4 Å². The molecule has 0 saturated carbocycles. The van der Waals surface area contributed by atoms with Crippen LogP contribution in [0.5, 0.6) is 5.75 Å². The normalized spacial score (nSPS) is 11.1. The molecule has 0 saturated heterocycles. The van der Waals surface area contributed by atoms with Crippen molar-refractivity contribution in [3.63, 3.8) is 0 Å². The fourth-order valence-corrected chi connectivity index (χ4v) is 2.26. The molecule has 0 heterocycles. The van der Waals surface area contributed by atoms with E-state index in [0.717, 1.165) is 0 Å². The summed E-state index contributed by atoms with van der Waals surface area (Å²) in [6.07, 6.45) is 0. The van der Waals surface area contributed by atoms with E-state index in [4.69, 9.17) is 15.7 Å². The van der Waals surface area contributed by atoms with Gasteiger partial charge in [0.05, 0.1) is 0 Å². The SMILES string of the molecule is Nc1ccc(OS(=O)(=O)c2ccc(N)cc2)cc1. The van der Waals surface area contributed by atoms with Crippen LogP contribution >= 0.6 is 0 Å². The van der Waals surface area contributed by atoms with E-state index in [1.807, 2.05) is 0 Å². The van der Waals surface area contributed by atoms with Crippen LogP contribution in [0, 0.1) is 0 Å². The van der Waals surface area contributed by atoms with Gasteiger partial charge in [0.1, 0.15) is 10.6 Å². The number of nitrogens with two attached hydrogens (primary N) is 2. The Bertz CT molecular complexity index is 634. The zero-order chi connectivity index (χ0) is 13.2. The maximum Gasteiger partial charge on any atom is 0.339 e. The molecule has 0 radical (unpaired) electrons. The van der Waals surface area contributed by atoms with E-state index in [1.165, 1.54) is 36.4 Å². The molecule has 0 spiro atoms. The van der Waals surface area contributed by atoms with Gasteiger partial charge in [-0.15, -0.1) is 0 Å². The summed E-state index contributed by atoms with van der Waals surface area (Å²) < 4.78 is 28.8. The summed E-state index contributed by atoms with van der Waals surface area (Å²) in [7, 11) is -3.84. The lowest BCUT2D eigenvalue weighted by Crippen LogP contribution is -2.09. The highest BCUT2D eigenvalue weighted by Crippen LogP contribution is 2.20. The molecule has 0 aliphatic rings. The van der Waals surface area contributed by atoms with E-state index in [-0.39, 0.29) is 10.6 Å². The van der Waals surface area contributed by atoms with E-state index in [2.05, 4.69) is 0 Å². The van der Waals surface area contributed by atoms with Crippen LogP contribution in [-0.2, 0) is 10.1 Å². The number of hydrogen-bond donors (Lipinski definition) is 2. The van der Waals surface area contributed by atoms with Gasteiger partial charge in [0.25, 0.3) is 0 Å². The summed E-state index contributed by atoms with van der Waals surface area (Å²) in [5.41, 5.74) is 12.0. The lowest BCUT2D eigenvalue weighted by molar-refractivity contribution is 0.486. The molecule has 2 aromatic carbocycles. The number of hydrogen-bond acceptors (Lipinski definition) is 5. The van der Waals surface area contributed by atoms with Gasteiger partial charge in [-0.3, -0.25) is 0 Å². The van der Waals surface area contributed by atoms with Crippen molar-refractivity contribution in [3.8, 4) is 5.75 Å². The molecule has 6 heteroatoms. The van der Waals surface area contributed by atoms with Crippen molar-refractivity contribution >= 4 is 21.5 Å². The molecular weight excluding hydrogens is 252 g/mol. The van der Waals surface area contributed by atoms with Crippen LogP contribution in [0.25, 0.3) is 0 Å². The summed E-state index contributed by atoms with van der Waals surface area (Å²) >= 11 is 0. The second-order valence-electron chi connectivity index (χ2n) is 3.68. The van der Waals surface area contributed by atoms with Gasteiger partial charge in [0.15, 0.2) is 0 Å². The van der Waals surface area contributed by atoms with Gasteiger partial charge < -0.3 is 15.7 Å². The van der Waals surface area contributed by atoms with Crippen molar-refractivity contribution in [2.75, 3.05) is 11.5 Å². The summed E-state index contributed by atoms with van der Waals surface area (Å²) in [4.78, 5) is 0.0496. The predicted molar refractivity (Wildman–Crippen MR) is 69.5 cm³/mol. The van der Waals surface area contributed by atoms with E-state index >= 15 is 0 Å². The van der Waals surface area contributed by atoms with Crippen molar-refractivity contribution in [2.24, 2.45) is 0 Å². The van der Waals surface area contributed by atoms with Crippen LogP contribution in [0.3, 0.4) is 0 Å². The number of nitrogen functional groups attached to an aromatic ring is 2. The summed E-state index contributed by atoms with van der Waals surface area (Å²) in [5.74, 6) is 0.209. The van der Waals surface area contributed by atoms with Gasteiger partial charge in [-0.2, -0.15) is 8.42 Å². The summed E-state index contributed by atoms with van der Waals surface area (Å²) in [6, 6.07) is 11.9. The van der Waals surface area contributed by atoms with E-state index in [9.17, 15) is 8.42 Å². The van der Waals surface area contributed by atoms with Crippen LogP contribution in [0.15, 0.2) is 53.4 Å². The Morgan fingerprint density at radius 3 is 1.72 bits per heavy atom. The quantitative estimate of drug-likeness (QED) is 0.648. The van der Waals surface area contributed by atoms with Crippen molar-refractivity contribution < 1.29 is 12.6 Å². The Morgan fingerprint density at radius 2 is 1.22 bits per heavy atom. The smallest absolute Gasteiger partial charge is 0.339 e. The highest BCUT2D eigenvalue weighted by atomic mass is 32.2. The van der Waals surface area contributed by atoms with Crippen molar-refractivity contribution in [1.82, 2.24) is 0 Å². The number of rotatable bonds is 3.